The van der Waals surface area contributed by atoms with E-state index in [1.165, 1.54) is 12.5 Å². The van der Waals surface area contributed by atoms with E-state index in [1.807, 2.05) is 0 Å². The molecule has 1 aliphatic heterocycles. The van der Waals surface area contributed by atoms with Gasteiger partial charge in [0.05, 0.1) is 9.92 Å². The monoisotopic (exact) mass is 392 g/mol. The van der Waals surface area contributed by atoms with Gasteiger partial charge >= 0.3 is 0 Å². The van der Waals surface area contributed by atoms with Crippen LogP contribution in [0.3, 0.4) is 0 Å². The van der Waals surface area contributed by atoms with E-state index in [4.69, 9.17) is 11.6 Å². The Morgan fingerprint density at radius 2 is 2.14 bits per heavy atom. The zero-order chi connectivity index (χ0) is 15.1. The lowest BCUT2D eigenvalue weighted by atomic mass is 9.70. The van der Waals surface area contributed by atoms with Crippen molar-refractivity contribution < 1.29 is 8.42 Å². The van der Waals surface area contributed by atoms with E-state index in [2.05, 4.69) is 26.0 Å². The summed E-state index contributed by atoms with van der Waals surface area (Å²) in [6.07, 6.45) is 5.24. The number of rotatable bonds is 3. The summed E-state index contributed by atoms with van der Waals surface area (Å²) in [4.78, 5) is 0.250. The number of sulfonamides is 1. The fourth-order valence-corrected chi connectivity index (χ4v) is 5.12. The zero-order valence-corrected chi connectivity index (χ0v) is 14.7. The first-order valence-electron chi connectivity index (χ1n) is 7.13. The molecule has 2 fully saturated rings. The third kappa shape index (κ3) is 3.29. The summed E-state index contributed by atoms with van der Waals surface area (Å²) >= 11 is 9.18. The third-order valence-corrected chi connectivity index (χ3v) is 7.20. The summed E-state index contributed by atoms with van der Waals surface area (Å²) in [5.41, 5.74) is 0.173. The van der Waals surface area contributed by atoms with Crippen LogP contribution >= 0.6 is 27.5 Å². The minimum Gasteiger partial charge on any atom is -0.311 e. The molecule has 0 aromatic heterocycles. The molecule has 1 atom stereocenters. The molecule has 2 N–H and O–H groups in total. The lowest BCUT2D eigenvalue weighted by Gasteiger charge is -2.48. The van der Waals surface area contributed by atoms with Crippen molar-refractivity contribution in [1.82, 2.24) is 10.0 Å². The first-order valence-corrected chi connectivity index (χ1v) is 9.78. The highest BCUT2D eigenvalue weighted by molar-refractivity contribution is 9.10. The molecule has 0 radical (unpaired) electrons. The molecule has 1 saturated carbocycles. The van der Waals surface area contributed by atoms with E-state index in [0.29, 0.717) is 9.50 Å². The van der Waals surface area contributed by atoms with Gasteiger partial charge in [-0.05, 0) is 72.8 Å². The van der Waals surface area contributed by atoms with E-state index < -0.39 is 10.0 Å². The van der Waals surface area contributed by atoms with Gasteiger partial charge in [-0.1, -0.05) is 11.6 Å². The van der Waals surface area contributed by atoms with Crippen LogP contribution in [0.25, 0.3) is 0 Å². The van der Waals surface area contributed by atoms with E-state index in [-0.39, 0.29) is 16.5 Å². The molecule has 0 amide bonds. The van der Waals surface area contributed by atoms with Crippen LogP contribution in [-0.4, -0.2) is 26.5 Å². The van der Waals surface area contributed by atoms with Crippen molar-refractivity contribution in [2.45, 2.75) is 48.6 Å². The smallest absolute Gasteiger partial charge is 0.240 e. The highest BCUT2D eigenvalue weighted by atomic mass is 79.9. The van der Waals surface area contributed by atoms with Crippen LogP contribution in [0, 0.1) is 0 Å². The summed E-state index contributed by atoms with van der Waals surface area (Å²) in [7, 11) is -3.50. The maximum Gasteiger partial charge on any atom is 0.240 e. The van der Waals surface area contributed by atoms with Gasteiger partial charge in [0.25, 0.3) is 0 Å². The van der Waals surface area contributed by atoms with Crippen molar-refractivity contribution in [1.29, 1.82) is 0 Å². The van der Waals surface area contributed by atoms with E-state index >= 15 is 0 Å². The summed E-state index contributed by atoms with van der Waals surface area (Å²) in [6, 6.07) is 4.68. The first kappa shape index (κ1) is 15.7. The van der Waals surface area contributed by atoms with E-state index in [9.17, 15) is 8.42 Å². The van der Waals surface area contributed by atoms with Crippen LogP contribution in [0.15, 0.2) is 27.6 Å². The quantitative estimate of drug-likeness (QED) is 0.830. The SMILES string of the molecule is O=S(=O)(NC1CCNC2(CCC2)C1)c1ccc(Cl)c(Br)c1. The summed E-state index contributed by atoms with van der Waals surface area (Å²) in [5, 5.41) is 4.05. The van der Waals surface area contributed by atoms with Gasteiger partial charge in [0.2, 0.25) is 10.0 Å². The number of hydrogen-bond acceptors (Lipinski definition) is 3. The Hall–Kier alpha value is -0.140. The van der Waals surface area contributed by atoms with Crippen LogP contribution in [0.2, 0.25) is 5.02 Å². The maximum absolute atomic E-state index is 12.5. The molecule has 4 nitrogen and oxygen atoms in total. The molecule has 1 aromatic rings. The number of halogens is 2. The Balaban J connectivity index is 1.74. The molecule has 7 heteroatoms. The van der Waals surface area contributed by atoms with Gasteiger partial charge in [0, 0.05) is 16.1 Å². The number of nitrogens with one attached hydrogen (secondary N) is 2. The van der Waals surface area contributed by atoms with Gasteiger partial charge in [0.15, 0.2) is 0 Å². The van der Waals surface area contributed by atoms with Gasteiger partial charge in [-0.15, -0.1) is 0 Å². The molecule has 1 saturated heterocycles. The second-order valence-corrected chi connectivity index (χ2v) is 8.92. The van der Waals surface area contributed by atoms with E-state index in [1.54, 1.807) is 12.1 Å². The molecule has 3 rings (SSSR count). The number of piperidine rings is 1. The van der Waals surface area contributed by atoms with Crippen molar-refractivity contribution in [2.24, 2.45) is 0 Å². The zero-order valence-electron chi connectivity index (χ0n) is 11.5. The third-order valence-electron chi connectivity index (χ3n) is 4.46. The van der Waals surface area contributed by atoms with Crippen LogP contribution in [0.5, 0.6) is 0 Å². The van der Waals surface area contributed by atoms with E-state index in [0.717, 1.165) is 32.2 Å². The van der Waals surface area contributed by atoms with Crippen molar-refractivity contribution in [2.75, 3.05) is 6.54 Å². The lowest BCUT2D eigenvalue weighted by Crippen LogP contribution is -2.59. The van der Waals surface area contributed by atoms with Crippen molar-refractivity contribution in [3.8, 4) is 0 Å². The second kappa shape index (κ2) is 5.81. The van der Waals surface area contributed by atoms with Crippen molar-refractivity contribution in [3.05, 3.63) is 27.7 Å². The number of benzene rings is 1. The van der Waals surface area contributed by atoms with Gasteiger partial charge in [-0.3, -0.25) is 0 Å². The standard InChI is InChI=1S/C14H18BrClN2O2S/c15-12-8-11(2-3-13(12)16)21(19,20)18-10-4-7-17-14(9-10)5-1-6-14/h2-3,8,10,17-18H,1,4-7,9H2. The Morgan fingerprint density at radius 3 is 2.76 bits per heavy atom. The first-order chi connectivity index (χ1) is 9.90. The molecular weight excluding hydrogens is 376 g/mol. The highest BCUT2D eigenvalue weighted by Gasteiger charge is 2.41. The molecule has 116 valence electrons. The average Bonchev–Trinajstić information content (AvgIpc) is 2.40. The number of hydrogen-bond donors (Lipinski definition) is 2. The molecular formula is C14H18BrClN2O2S. The predicted molar refractivity (Wildman–Crippen MR) is 87.1 cm³/mol. The molecule has 1 aliphatic carbocycles. The predicted octanol–water partition coefficient (Wildman–Crippen LogP) is 3.06. The van der Waals surface area contributed by atoms with Crippen LogP contribution in [0.4, 0.5) is 0 Å². The largest absolute Gasteiger partial charge is 0.311 e. The molecule has 0 bridgehead atoms. The van der Waals surface area contributed by atoms with Gasteiger partial charge in [-0.2, -0.15) is 0 Å². The minimum atomic E-state index is -3.50. The average molecular weight is 394 g/mol. The molecule has 1 heterocycles. The van der Waals surface area contributed by atoms with Crippen molar-refractivity contribution in [3.63, 3.8) is 0 Å². The Kier molecular flexibility index (Phi) is 4.36. The molecule has 2 aliphatic rings. The van der Waals surface area contributed by atoms with Crippen LogP contribution in [0.1, 0.15) is 32.1 Å². The van der Waals surface area contributed by atoms with Gasteiger partial charge in [-0.25, -0.2) is 13.1 Å². The second-order valence-electron chi connectivity index (χ2n) is 5.95. The lowest BCUT2D eigenvalue weighted by molar-refractivity contribution is 0.126. The topological polar surface area (TPSA) is 58.2 Å². The Labute approximate surface area is 138 Å². The van der Waals surface area contributed by atoms with Gasteiger partial charge in [0.1, 0.15) is 0 Å². The molecule has 1 unspecified atom stereocenters. The summed E-state index contributed by atoms with van der Waals surface area (Å²) in [5.74, 6) is 0. The molecule has 21 heavy (non-hydrogen) atoms. The van der Waals surface area contributed by atoms with Crippen LogP contribution < -0.4 is 10.0 Å². The molecule has 1 aromatic carbocycles. The van der Waals surface area contributed by atoms with Crippen molar-refractivity contribution >= 4 is 37.6 Å². The maximum atomic E-state index is 12.5. The Bertz CT molecular complexity index is 646. The Morgan fingerprint density at radius 1 is 1.38 bits per heavy atom. The van der Waals surface area contributed by atoms with Crippen LogP contribution in [-0.2, 0) is 10.0 Å². The minimum absolute atomic E-state index is 0.00556. The fraction of sp³-hybridized carbons (Fsp3) is 0.571. The highest BCUT2D eigenvalue weighted by Crippen LogP contribution is 2.38. The summed E-state index contributed by atoms with van der Waals surface area (Å²) < 4.78 is 28.4. The molecule has 1 spiro atoms. The fourth-order valence-electron chi connectivity index (χ4n) is 3.17. The van der Waals surface area contributed by atoms with Gasteiger partial charge < -0.3 is 5.32 Å². The normalized spacial score (nSPS) is 24.8. The summed E-state index contributed by atoms with van der Waals surface area (Å²) in [6.45, 7) is 0.873.